The molecule has 0 spiro atoms. The standard InChI is InChI=1S/C25H20N4O2S2/c1-16-8-10-17(11-9-16)26-22(30)13-23-27-18(14-32-23)15-33-25-19-5-2-3-6-20(19)28-24(29-25)21-7-4-12-31-21/h2-12,14H,13,15H2,1H3,(H,26,30). The average molecular weight is 473 g/mol. The Hall–Kier alpha value is -3.49. The maximum Gasteiger partial charge on any atom is 0.231 e. The van der Waals surface area contributed by atoms with E-state index in [0.29, 0.717) is 17.3 Å². The first-order valence-electron chi connectivity index (χ1n) is 10.4. The van der Waals surface area contributed by atoms with Crippen LogP contribution in [0.2, 0.25) is 0 Å². The monoisotopic (exact) mass is 472 g/mol. The van der Waals surface area contributed by atoms with Crippen LogP contribution in [-0.4, -0.2) is 20.9 Å². The lowest BCUT2D eigenvalue weighted by Crippen LogP contribution is -2.14. The summed E-state index contributed by atoms with van der Waals surface area (Å²) in [5.41, 5.74) is 3.74. The molecule has 0 aliphatic heterocycles. The van der Waals surface area contributed by atoms with Gasteiger partial charge in [-0.3, -0.25) is 4.79 Å². The van der Waals surface area contributed by atoms with Crippen molar-refractivity contribution in [2.75, 3.05) is 5.32 Å². The normalized spacial score (nSPS) is 11.1. The van der Waals surface area contributed by atoms with Gasteiger partial charge in [0.1, 0.15) is 10.0 Å². The zero-order valence-corrected chi connectivity index (χ0v) is 19.5. The molecule has 5 rings (SSSR count). The van der Waals surface area contributed by atoms with Crippen LogP contribution in [0.5, 0.6) is 0 Å². The number of hydrogen-bond acceptors (Lipinski definition) is 7. The van der Waals surface area contributed by atoms with E-state index in [2.05, 4.69) is 15.3 Å². The molecular weight excluding hydrogens is 452 g/mol. The third kappa shape index (κ3) is 5.13. The van der Waals surface area contributed by atoms with E-state index in [1.807, 2.05) is 73.0 Å². The maximum absolute atomic E-state index is 12.4. The molecule has 1 N–H and O–H groups in total. The first kappa shape index (κ1) is 21.4. The van der Waals surface area contributed by atoms with Gasteiger partial charge >= 0.3 is 0 Å². The number of carbonyl (C=O) groups excluding carboxylic acids is 1. The van der Waals surface area contributed by atoms with Gasteiger partial charge in [-0.25, -0.2) is 15.0 Å². The largest absolute Gasteiger partial charge is 0.461 e. The number of thioether (sulfide) groups is 1. The number of furan rings is 1. The van der Waals surface area contributed by atoms with Gasteiger partial charge in [0.25, 0.3) is 0 Å². The number of thiazole rings is 1. The molecule has 0 fully saturated rings. The lowest BCUT2D eigenvalue weighted by Gasteiger charge is -2.06. The molecule has 8 heteroatoms. The molecular formula is C25H20N4O2S2. The van der Waals surface area contributed by atoms with Crippen molar-refractivity contribution in [1.82, 2.24) is 15.0 Å². The van der Waals surface area contributed by atoms with Crippen LogP contribution in [0.3, 0.4) is 0 Å². The molecule has 0 unspecified atom stereocenters. The van der Waals surface area contributed by atoms with E-state index in [1.54, 1.807) is 18.0 Å². The number of para-hydroxylation sites is 1. The van der Waals surface area contributed by atoms with Crippen LogP contribution in [0.4, 0.5) is 5.69 Å². The number of aryl methyl sites for hydroxylation is 1. The maximum atomic E-state index is 12.4. The zero-order valence-electron chi connectivity index (χ0n) is 17.8. The topological polar surface area (TPSA) is 80.9 Å². The fraction of sp³-hybridized carbons (Fsp3) is 0.120. The van der Waals surface area contributed by atoms with E-state index in [9.17, 15) is 4.79 Å². The third-order valence-electron chi connectivity index (χ3n) is 4.91. The van der Waals surface area contributed by atoms with Crippen molar-refractivity contribution >= 4 is 45.6 Å². The van der Waals surface area contributed by atoms with Crippen LogP contribution in [0.25, 0.3) is 22.5 Å². The highest BCUT2D eigenvalue weighted by molar-refractivity contribution is 7.98. The van der Waals surface area contributed by atoms with Crippen molar-refractivity contribution in [2.24, 2.45) is 0 Å². The number of fused-ring (bicyclic) bond motifs is 1. The Morgan fingerprint density at radius 1 is 1.03 bits per heavy atom. The second-order valence-corrected chi connectivity index (χ2v) is 9.37. The Balaban J connectivity index is 1.27. The summed E-state index contributed by atoms with van der Waals surface area (Å²) in [4.78, 5) is 26.4. The molecule has 0 saturated heterocycles. The molecule has 5 aromatic rings. The minimum Gasteiger partial charge on any atom is -0.461 e. The highest BCUT2D eigenvalue weighted by Crippen LogP contribution is 2.31. The number of carbonyl (C=O) groups is 1. The van der Waals surface area contributed by atoms with Gasteiger partial charge in [-0.2, -0.15) is 0 Å². The van der Waals surface area contributed by atoms with Gasteiger partial charge in [0.05, 0.1) is 23.9 Å². The van der Waals surface area contributed by atoms with Crippen molar-refractivity contribution in [2.45, 2.75) is 24.1 Å². The molecule has 0 bridgehead atoms. The van der Waals surface area contributed by atoms with Crippen LogP contribution < -0.4 is 5.32 Å². The average Bonchev–Trinajstić information content (AvgIpc) is 3.51. The highest BCUT2D eigenvalue weighted by atomic mass is 32.2. The van der Waals surface area contributed by atoms with Crippen LogP contribution in [0.15, 0.2) is 81.8 Å². The van der Waals surface area contributed by atoms with Crippen molar-refractivity contribution in [3.63, 3.8) is 0 Å². The number of aromatic nitrogens is 3. The second kappa shape index (κ2) is 9.56. The minimum atomic E-state index is -0.0720. The summed E-state index contributed by atoms with van der Waals surface area (Å²) < 4.78 is 5.49. The van der Waals surface area contributed by atoms with Gasteiger partial charge in [0.2, 0.25) is 5.91 Å². The number of rotatable bonds is 7. The first-order chi connectivity index (χ1) is 16.1. The minimum absolute atomic E-state index is 0.0720. The summed E-state index contributed by atoms with van der Waals surface area (Å²) in [5, 5.41) is 7.58. The Kier molecular flexibility index (Phi) is 6.19. The van der Waals surface area contributed by atoms with E-state index >= 15 is 0 Å². The Bertz CT molecular complexity index is 1400. The molecule has 0 saturated carbocycles. The molecule has 3 heterocycles. The number of hydrogen-bond donors (Lipinski definition) is 1. The summed E-state index contributed by atoms with van der Waals surface area (Å²) in [6, 6.07) is 19.4. The number of anilines is 1. The summed E-state index contributed by atoms with van der Waals surface area (Å²) in [6.07, 6.45) is 1.87. The number of benzene rings is 2. The summed E-state index contributed by atoms with van der Waals surface area (Å²) in [5.74, 6) is 1.78. The zero-order chi connectivity index (χ0) is 22.6. The first-order valence-corrected chi connectivity index (χ1v) is 12.2. The van der Waals surface area contributed by atoms with Crippen LogP contribution in [0, 0.1) is 6.92 Å². The molecule has 164 valence electrons. The fourth-order valence-electron chi connectivity index (χ4n) is 3.29. The molecule has 3 aromatic heterocycles. The van der Waals surface area contributed by atoms with Crippen molar-refractivity contribution in [3.8, 4) is 11.6 Å². The molecule has 0 atom stereocenters. The summed E-state index contributed by atoms with van der Waals surface area (Å²) in [6.45, 7) is 2.02. The van der Waals surface area contributed by atoms with Crippen LogP contribution in [-0.2, 0) is 17.0 Å². The highest BCUT2D eigenvalue weighted by Gasteiger charge is 2.13. The van der Waals surface area contributed by atoms with E-state index in [4.69, 9.17) is 9.40 Å². The summed E-state index contributed by atoms with van der Waals surface area (Å²) >= 11 is 3.10. The summed E-state index contributed by atoms with van der Waals surface area (Å²) in [7, 11) is 0. The van der Waals surface area contributed by atoms with Crippen molar-refractivity contribution in [3.05, 3.63) is 88.6 Å². The van der Waals surface area contributed by atoms with E-state index in [-0.39, 0.29) is 12.3 Å². The second-order valence-electron chi connectivity index (χ2n) is 7.46. The lowest BCUT2D eigenvalue weighted by molar-refractivity contribution is -0.115. The number of nitrogens with zero attached hydrogens (tertiary/aromatic N) is 3. The third-order valence-corrected chi connectivity index (χ3v) is 6.84. The predicted octanol–water partition coefficient (Wildman–Crippen LogP) is 6.13. The Morgan fingerprint density at radius 2 is 1.88 bits per heavy atom. The molecule has 0 aliphatic carbocycles. The van der Waals surface area contributed by atoms with Gasteiger partial charge in [0, 0.05) is 22.2 Å². The fourth-order valence-corrected chi connectivity index (χ4v) is 5.10. The van der Waals surface area contributed by atoms with E-state index < -0.39 is 0 Å². The smallest absolute Gasteiger partial charge is 0.231 e. The van der Waals surface area contributed by atoms with Gasteiger partial charge < -0.3 is 9.73 Å². The van der Waals surface area contributed by atoms with E-state index in [0.717, 1.165) is 37.9 Å². The number of amides is 1. The quantitative estimate of drug-likeness (QED) is 0.227. The predicted molar refractivity (Wildman–Crippen MR) is 132 cm³/mol. The molecule has 2 aromatic carbocycles. The Labute approximate surface area is 199 Å². The van der Waals surface area contributed by atoms with Crippen LogP contribution >= 0.6 is 23.1 Å². The molecule has 1 amide bonds. The molecule has 6 nitrogen and oxygen atoms in total. The lowest BCUT2D eigenvalue weighted by atomic mass is 10.2. The Morgan fingerprint density at radius 3 is 2.70 bits per heavy atom. The molecule has 33 heavy (non-hydrogen) atoms. The molecule has 0 aliphatic rings. The van der Waals surface area contributed by atoms with Gasteiger partial charge in [-0.05, 0) is 37.3 Å². The van der Waals surface area contributed by atoms with Crippen molar-refractivity contribution < 1.29 is 9.21 Å². The van der Waals surface area contributed by atoms with Gasteiger partial charge in [-0.1, -0.05) is 47.7 Å². The van der Waals surface area contributed by atoms with Gasteiger partial charge in [-0.15, -0.1) is 11.3 Å². The molecule has 0 radical (unpaired) electrons. The van der Waals surface area contributed by atoms with Crippen molar-refractivity contribution in [1.29, 1.82) is 0 Å². The van der Waals surface area contributed by atoms with Gasteiger partial charge in [0.15, 0.2) is 11.6 Å². The van der Waals surface area contributed by atoms with Crippen LogP contribution in [0.1, 0.15) is 16.3 Å². The SMILES string of the molecule is Cc1ccc(NC(=O)Cc2nc(CSc3nc(-c4ccco4)nc4ccccc34)cs2)cc1. The van der Waals surface area contributed by atoms with E-state index in [1.165, 1.54) is 11.3 Å². The number of nitrogens with one attached hydrogen (secondary N) is 1.